The molecule has 1 N–H and O–H groups in total. The van der Waals surface area contributed by atoms with Crippen LogP contribution in [0.25, 0.3) is 0 Å². The minimum Gasteiger partial charge on any atom is -0.357 e. The zero-order valence-electron chi connectivity index (χ0n) is 15.9. The third-order valence-electron chi connectivity index (χ3n) is 3.75. The molecule has 0 rings (SSSR count). The summed E-state index contributed by atoms with van der Waals surface area (Å²) in [5.74, 6) is 0.892. The molecular weight excluding hydrogens is 324 g/mol. The fourth-order valence-electron chi connectivity index (χ4n) is 2.38. The lowest BCUT2D eigenvalue weighted by molar-refractivity contribution is 0.424. The Balaban J connectivity index is 4.32. The molecular formula is C17H36N4O2S. The number of sulfonamides is 1. The molecule has 6 nitrogen and oxygen atoms in total. The van der Waals surface area contributed by atoms with Gasteiger partial charge in [-0.05, 0) is 32.6 Å². The van der Waals surface area contributed by atoms with Crippen molar-refractivity contribution in [2.24, 2.45) is 4.99 Å². The second-order valence-electron chi connectivity index (χ2n) is 5.90. The molecule has 0 radical (unpaired) electrons. The summed E-state index contributed by atoms with van der Waals surface area (Å²) in [5, 5.41) is 3.29. The number of unbranched alkanes of at least 4 members (excludes halogenated alkanes) is 3. The van der Waals surface area contributed by atoms with Crippen LogP contribution in [0.3, 0.4) is 0 Å². The zero-order chi connectivity index (χ0) is 18.4. The Morgan fingerprint density at radius 2 is 1.88 bits per heavy atom. The number of rotatable bonds is 13. The van der Waals surface area contributed by atoms with Crippen molar-refractivity contribution in [3.8, 4) is 0 Å². The lowest BCUT2D eigenvalue weighted by atomic mass is 10.2. The molecule has 0 saturated heterocycles. The molecule has 0 bridgehead atoms. The van der Waals surface area contributed by atoms with Crippen LogP contribution in [0.1, 0.15) is 46.0 Å². The Hall–Kier alpha value is -1.08. The van der Waals surface area contributed by atoms with Gasteiger partial charge in [-0.15, -0.1) is 6.58 Å². The van der Waals surface area contributed by atoms with E-state index in [9.17, 15) is 8.42 Å². The lowest BCUT2D eigenvalue weighted by Crippen LogP contribution is -2.39. The number of hydrogen-bond acceptors (Lipinski definition) is 3. The molecule has 0 heterocycles. The maximum absolute atomic E-state index is 11.6. The Morgan fingerprint density at radius 1 is 1.17 bits per heavy atom. The van der Waals surface area contributed by atoms with Crippen molar-refractivity contribution in [1.82, 2.24) is 14.5 Å². The average molecular weight is 361 g/mol. The first-order valence-electron chi connectivity index (χ1n) is 8.92. The van der Waals surface area contributed by atoms with Gasteiger partial charge in [0.05, 0.1) is 6.26 Å². The van der Waals surface area contributed by atoms with E-state index in [2.05, 4.69) is 28.7 Å². The van der Waals surface area contributed by atoms with Crippen molar-refractivity contribution >= 4 is 16.0 Å². The van der Waals surface area contributed by atoms with Gasteiger partial charge in [0.2, 0.25) is 10.0 Å². The second kappa shape index (κ2) is 13.2. The summed E-state index contributed by atoms with van der Waals surface area (Å²) < 4.78 is 24.6. The molecule has 0 atom stereocenters. The number of hydrogen-bond donors (Lipinski definition) is 1. The van der Waals surface area contributed by atoms with Crippen LogP contribution in [0.2, 0.25) is 0 Å². The first kappa shape index (κ1) is 22.9. The Kier molecular flexibility index (Phi) is 12.6. The summed E-state index contributed by atoms with van der Waals surface area (Å²) in [5.41, 5.74) is 0. The van der Waals surface area contributed by atoms with E-state index < -0.39 is 10.0 Å². The molecule has 0 aromatic carbocycles. The third-order valence-corrected chi connectivity index (χ3v) is 5.13. The van der Waals surface area contributed by atoms with E-state index in [4.69, 9.17) is 0 Å². The molecule has 0 aliphatic carbocycles. The highest BCUT2D eigenvalue weighted by molar-refractivity contribution is 7.88. The minimum absolute atomic E-state index is 0.507. The second-order valence-corrected chi connectivity index (χ2v) is 7.89. The van der Waals surface area contributed by atoms with E-state index in [0.29, 0.717) is 19.6 Å². The van der Waals surface area contributed by atoms with E-state index in [1.807, 2.05) is 20.0 Å². The van der Waals surface area contributed by atoms with Crippen LogP contribution < -0.4 is 5.32 Å². The largest absolute Gasteiger partial charge is 0.357 e. The Morgan fingerprint density at radius 3 is 2.42 bits per heavy atom. The molecule has 7 heteroatoms. The quantitative estimate of drug-likeness (QED) is 0.237. The topological polar surface area (TPSA) is 65.0 Å². The van der Waals surface area contributed by atoms with Crippen molar-refractivity contribution in [2.45, 2.75) is 46.0 Å². The summed E-state index contributed by atoms with van der Waals surface area (Å²) in [6, 6.07) is 0. The van der Waals surface area contributed by atoms with E-state index in [1.54, 1.807) is 0 Å². The van der Waals surface area contributed by atoms with Gasteiger partial charge in [-0.3, -0.25) is 4.99 Å². The van der Waals surface area contributed by atoms with Crippen molar-refractivity contribution < 1.29 is 8.42 Å². The van der Waals surface area contributed by atoms with Crippen molar-refractivity contribution in [2.75, 3.05) is 46.0 Å². The molecule has 0 aromatic rings. The van der Waals surface area contributed by atoms with Gasteiger partial charge in [0, 0.05) is 39.8 Å². The van der Waals surface area contributed by atoms with Gasteiger partial charge in [-0.2, -0.15) is 0 Å². The predicted octanol–water partition coefficient (Wildman–Crippen LogP) is 2.30. The van der Waals surface area contributed by atoms with Crippen LogP contribution in [-0.4, -0.2) is 69.6 Å². The van der Waals surface area contributed by atoms with Crippen LogP contribution in [0.15, 0.2) is 17.6 Å². The molecule has 0 amide bonds. The Bertz CT molecular complexity index is 463. The third kappa shape index (κ3) is 10.6. The maximum atomic E-state index is 11.6. The fraction of sp³-hybridized carbons (Fsp3) is 0.824. The van der Waals surface area contributed by atoms with Gasteiger partial charge in [0.1, 0.15) is 0 Å². The number of nitrogens with zero attached hydrogens (tertiary/aromatic N) is 3. The van der Waals surface area contributed by atoms with E-state index in [0.717, 1.165) is 38.3 Å². The molecule has 24 heavy (non-hydrogen) atoms. The molecule has 0 aliphatic rings. The van der Waals surface area contributed by atoms with E-state index in [1.165, 1.54) is 23.4 Å². The van der Waals surface area contributed by atoms with Crippen molar-refractivity contribution in [3.63, 3.8) is 0 Å². The Labute approximate surface area is 149 Å². The number of allylic oxidation sites excluding steroid dienone is 1. The molecule has 142 valence electrons. The zero-order valence-corrected chi connectivity index (χ0v) is 16.7. The smallest absolute Gasteiger partial charge is 0.211 e. The normalized spacial score (nSPS) is 12.5. The first-order valence-corrected chi connectivity index (χ1v) is 10.8. The van der Waals surface area contributed by atoms with Crippen molar-refractivity contribution in [1.29, 1.82) is 0 Å². The standard InChI is InChI=1S/C17H36N4O2S/c1-6-9-10-11-12-15-20(4)17(18-7-2)19-14-13-16-21(8-3)24(5,22)23/h6H,1,7-16H2,2-5H3,(H,18,19). The highest BCUT2D eigenvalue weighted by atomic mass is 32.2. The predicted molar refractivity (Wildman–Crippen MR) is 104 cm³/mol. The van der Waals surface area contributed by atoms with Crippen LogP contribution in [0.5, 0.6) is 0 Å². The minimum atomic E-state index is -3.11. The van der Waals surface area contributed by atoms with Gasteiger partial charge < -0.3 is 10.2 Å². The average Bonchev–Trinajstić information content (AvgIpc) is 2.52. The fourth-order valence-corrected chi connectivity index (χ4v) is 3.31. The van der Waals surface area contributed by atoms with Crippen LogP contribution in [0, 0.1) is 0 Å². The van der Waals surface area contributed by atoms with Crippen LogP contribution in [0.4, 0.5) is 0 Å². The molecule has 0 spiro atoms. The molecule has 0 aliphatic heterocycles. The van der Waals surface area contributed by atoms with E-state index in [-0.39, 0.29) is 0 Å². The molecule has 0 unspecified atom stereocenters. The van der Waals surface area contributed by atoms with Gasteiger partial charge in [-0.25, -0.2) is 12.7 Å². The summed E-state index contributed by atoms with van der Waals surface area (Å²) in [4.78, 5) is 6.75. The van der Waals surface area contributed by atoms with Crippen LogP contribution in [-0.2, 0) is 10.0 Å². The monoisotopic (exact) mass is 360 g/mol. The van der Waals surface area contributed by atoms with Crippen molar-refractivity contribution in [3.05, 3.63) is 12.7 Å². The van der Waals surface area contributed by atoms with Gasteiger partial charge in [-0.1, -0.05) is 19.4 Å². The summed E-state index contributed by atoms with van der Waals surface area (Å²) >= 11 is 0. The van der Waals surface area contributed by atoms with Gasteiger partial charge in [0.25, 0.3) is 0 Å². The van der Waals surface area contributed by atoms with Crippen LogP contribution >= 0.6 is 0 Å². The number of aliphatic imine (C=N–C) groups is 1. The van der Waals surface area contributed by atoms with Gasteiger partial charge >= 0.3 is 0 Å². The SMILES string of the molecule is C=CCCCCCN(C)C(=NCCCN(CC)S(C)(=O)=O)NCC. The first-order chi connectivity index (χ1) is 11.4. The summed E-state index contributed by atoms with van der Waals surface area (Å²) in [6.07, 6.45) is 8.52. The number of nitrogens with one attached hydrogen (secondary N) is 1. The number of guanidine groups is 1. The molecule has 0 aromatic heterocycles. The summed E-state index contributed by atoms with van der Waals surface area (Å²) in [6.45, 7) is 11.1. The summed E-state index contributed by atoms with van der Waals surface area (Å²) in [7, 11) is -1.06. The highest BCUT2D eigenvalue weighted by Gasteiger charge is 2.13. The highest BCUT2D eigenvalue weighted by Crippen LogP contribution is 2.02. The maximum Gasteiger partial charge on any atom is 0.211 e. The van der Waals surface area contributed by atoms with Gasteiger partial charge in [0.15, 0.2) is 5.96 Å². The van der Waals surface area contributed by atoms with E-state index >= 15 is 0 Å². The molecule has 0 saturated carbocycles. The lowest BCUT2D eigenvalue weighted by Gasteiger charge is -2.22. The molecule has 0 fully saturated rings.